The fourth-order valence-corrected chi connectivity index (χ4v) is 3.59. The molecule has 1 aliphatic heterocycles. The molecule has 100 valence electrons. The summed E-state index contributed by atoms with van der Waals surface area (Å²) >= 11 is 2.02. The third-order valence-corrected chi connectivity index (χ3v) is 4.68. The molecule has 1 heterocycles. The molecule has 0 spiro atoms. The number of nitrogens with one attached hydrogen (secondary N) is 1. The van der Waals surface area contributed by atoms with Gasteiger partial charge in [0.05, 0.1) is 0 Å². The van der Waals surface area contributed by atoms with Gasteiger partial charge in [0.2, 0.25) is 0 Å². The van der Waals surface area contributed by atoms with Gasteiger partial charge in [-0.05, 0) is 41.7 Å². The second-order valence-corrected chi connectivity index (χ2v) is 6.95. The van der Waals surface area contributed by atoms with Gasteiger partial charge in [-0.15, -0.1) is 11.8 Å². The summed E-state index contributed by atoms with van der Waals surface area (Å²) < 4.78 is 0. The second-order valence-electron chi connectivity index (χ2n) is 5.82. The summed E-state index contributed by atoms with van der Waals surface area (Å²) in [5, 5.41) is 3.73. The van der Waals surface area contributed by atoms with Gasteiger partial charge in [0.15, 0.2) is 0 Å². The van der Waals surface area contributed by atoms with E-state index in [1.165, 1.54) is 34.6 Å². The zero-order chi connectivity index (χ0) is 13.1. The van der Waals surface area contributed by atoms with Crippen LogP contribution in [-0.4, -0.2) is 11.8 Å². The Morgan fingerprint density at radius 2 is 2.00 bits per heavy atom. The summed E-state index contributed by atoms with van der Waals surface area (Å²) in [6.45, 7) is 9.03. The molecule has 0 bridgehead atoms. The van der Waals surface area contributed by atoms with Crippen molar-refractivity contribution in [2.45, 2.75) is 63.4 Å². The third kappa shape index (κ3) is 3.30. The van der Waals surface area contributed by atoms with Crippen molar-refractivity contribution in [2.24, 2.45) is 0 Å². The Bertz CT molecular complexity index is 398. The van der Waals surface area contributed by atoms with Crippen LogP contribution >= 0.6 is 11.8 Å². The molecule has 0 fully saturated rings. The average molecular weight is 263 g/mol. The molecule has 0 radical (unpaired) electrons. The number of thioether (sulfide) groups is 1. The molecule has 0 aliphatic carbocycles. The first kappa shape index (κ1) is 14.0. The fraction of sp³-hybridized carbons (Fsp3) is 0.625. The standard InChI is InChI=1S/C16H25NS/c1-11(2)13-7-8-16-14(10-13)15(17-12(3)4)6-5-9-18-16/h7-8,10-12,15,17H,5-6,9H2,1-4H3. The summed E-state index contributed by atoms with van der Waals surface area (Å²) in [6, 6.07) is 8.14. The summed E-state index contributed by atoms with van der Waals surface area (Å²) in [4.78, 5) is 1.48. The topological polar surface area (TPSA) is 12.0 Å². The zero-order valence-electron chi connectivity index (χ0n) is 12.0. The van der Waals surface area contributed by atoms with Gasteiger partial charge in [-0.3, -0.25) is 0 Å². The predicted molar refractivity (Wildman–Crippen MR) is 81.5 cm³/mol. The Morgan fingerprint density at radius 3 is 2.67 bits per heavy atom. The highest BCUT2D eigenvalue weighted by Gasteiger charge is 2.20. The van der Waals surface area contributed by atoms with E-state index in [-0.39, 0.29) is 0 Å². The lowest BCUT2D eigenvalue weighted by Crippen LogP contribution is -2.28. The number of hydrogen-bond donors (Lipinski definition) is 1. The highest BCUT2D eigenvalue weighted by Crippen LogP contribution is 2.36. The van der Waals surface area contributed by atoms with Crippen LogP contribution in [-0.2, 0) is 0 Å². The van der Waals surface area contributed by atoms with E-state index in [1.54, 1.807) is 0 Å². The van der Waals surface area contributed by atoms with E-state index in [1.807, 2.05) is 11.8 Å². The molecule has 0 aromatic heterocycles. The Kier molecular flexibility index (Phi) is 4.74. The van der Waals surface area contributed by atoms with Gasteiger partial charge in [0.1, 0.15) is 0 Å². The van der Waals surface area contributed by atoms with Gasteiger partial charge in [-0.1, -0.05) is 39.8 Å². The van der Waals surface area contributed by atoms with Crippen LogP contribution in [0, 0.1) is 0 Å². The van der Waals surface area contributed by atoms with Crippen LogP contribution in [0.4, 0.5) is 0 Å². The quantitative estimate of drug-likeness (QED) is 0.845. The van der Waals surface area contributed by atoms with Gasteiger partial charge in [-0.25, -0.2) is 0 Å². The monoisotopic (exact) mass is 263 g/mol. The minimum absolute atomic E-state index is 0.536. The minimum atomic E-state index is 0.536. The van der Waals surface area contributed by atoms with Crippen LogP contribution in [0.15, 0.2) is 23.1 Å². The molecular weight excluding hydrogens is 238 g/mol. The molecule has 1 aromatic carbocycles. The minimum Gasteiger partial charge on any atom is -0.308 e. The Morgan fingerprint density at radius 1 is 1.22 bits per heavy atom. The predicted octanol–water partition coefficient (Wildman–Crippen LogP) is 4.74. The molecule has 0 saturated heterocycles. The molecule has 2 heteroatoms. The van der Waals surface area contributed by atoms with Crippen molar-refractivity contribution in [3.8, 4) is 0 Å². The SMILES string of the molecule is CC(C)NC1CCCSc2ccc(C(C)C)cc21. The average Bonchev–Trinajstić information content (AvgIpc) is 2.50. The second kappa shape index (κ2) is 6.12. The summed E-state index contributed by atoms with van der Waals surface area (Å²) in [7, 11) is 0. The molecule has 0 amide bonds. The number of rotatable bonds is 3. The number of fused-ring (bicyclic) bond motifs is 1. The van der Waals surface area contributed by atoms with Gasteiger partial charge < -0.3 is 5.32 Å². The molecule has 1 aromatic rings. The molecule has 1 aliphatic rings. The van der Waals surface area contributed by atoms with Crippen LogP contribution in [0.1, 0.15) is 63.6 Å². The maximum absolute atomic E-state index is 3.73. The van der Waals surface area contributed by atoms with E-state index in [4.69, 9.17) is 0 Å². The molecule has 1 nitrogen and oxygen atoms in total. The van der Waals surface area contributed by atoms with E-state index >= 15 is 0 Å². The number of hydrogen-bond acceptors (Lipinski definition) is 2. The molecular formula is C16H25NS. The van der Waals surface area contributed by atoms with E-state index in [9.17, 15) is 0 Å². The molecule has 1 atom stereocenters. The van der Waals surface area contributed by atoms with Crippen LogP contribution in [0.25, 0.3) is 0 Å². The van der Waals surface area contributed by atoms with Crippen molar-refractivity contribution in [2.75, 3.05) is 5.75 Å². The Balaban J connectivity index is 2.34. The fourth-order valence-electron chi connectivity index (χ4n) is 2.53. The largest absolute Gasteiger partial charge is 0.308 e. The molecule has 0 saturated carbocycles. The summed E-state index contributed by atoms with van der Waals surface area (Å²) in [6.07, 6.45) is 2.57. The van der Waals surface area contributed by atoms with Crippen LogP contribution in [0.5, 0.6) is 0 Å². The highest BCUT2D eigenvalue weighted by molar-refractivity contribution is 7.99. The summed E-state index contributed by atoms with van der Waals surface area (Å²) in [5.74, 6) is 1.87. The van der Waals surface area contributed by atoms with Crippen molar-refractivity contribution in [3.05, 3.63) is 29.3 Å². The van der Waals surface area contributed by atoms with Gasteiger partial charge in [-0.2, -0.15) is 0 Å². The molecule has 1 N–H and O–H groups in total. The smallest absolute Gasteiger partial charge is 0.0333 e. The first-order valence-electron chi connectivity index (χ1n) is 7.10. The normalized spacial score (nSPS) is 20.0. The van der Waals surface area contributed by atoms with Crippen molar-refractivity contribution >= 4 is 11.8 Å². The maximum atomic E-state index is 3.73. The zero-order valence-corrected chi connectivity index (χ0v) is 12.8. The third-order valence-electron chi connectivity index (χ3n) is 3.51. The van der Waals surface area contributed by atoms with Crippen LogP contribution in [0.2, 0.25) is 0 Å². The van der Waals surface area contributed by atoms with Crippen LogP contribution < -0.4 is 5.32 Å². The highest BCUT2D eigenvalue weighted by atomic mass is 32.2. The van der Waals surface area contributed by atoms with Gasteiger partial charge >= 0.3 is 0 Å². The number of benzene rings is 1. The van der Waals surface area contributed by atoms with Crippen molar-refractivity contribution in [1.82, 2.24) is 5.32 Å². The molecule has 1 unspecified atom stereocenters. The van der Waals surface area contributed by atoms with E-state index in [0.29, 0.717) is 18.0 Å². The lowest BCUT2D eigenvalue weighted by Gasteiger charge is -2.22. The van der Waals surface area contributed by atoms with E-state index in [2.05, 4.69) is 51.2 Å². The van der Waals surface area contributed by atoms with Gasteiger partial charge in [0.25, 0.3) is 0 Å². The first-order chi connectivity index (χ1) is 8.58. The van der Waals surface area contributed by atoms with Crippen LogP contribution in [0.3, 0.4) is 0 Å². The van der Waals surface area contributed by atoms with Crippen molar-refractivity contribution in [3.63, 3.8) is 0 Å². The Labute approximate surface area is 116 Å². The molecule has 2 rings (SSSR count). The van der Waals surface area contributed by atoms with Crippen molar-refractivity contribution in [1.29, 1.82) is 0 Å². The van der Waals surface area contributed by atoms with Crippen molar-refractivity contribution < 1.29 is 0 Å². The van der Waals surface area contributed by atoms with E-state index in [0.717, 1.165) is 0 Å². The van der Waals surface area contributed by atoms with Gasteiger partial charge in [0, 0.05) is 17.0 Å². The summed E-state index contributed by atoms with van der Waals surface area (Å²) in [5.41, 5.74) is 2.99. The first-order valence-corrected chi connectivity index (χ1v) is 8.09. The lowest BCUT2D eigenvalue weighted by atomic mass is 9.95. The Hall–Kier alpha value is -0.470. The maximum Gasteiger partial charge on any atom is 0.0333 e. The van der Waals surface area contributed by atoms with E-state index < -0.39 is 0 Å². The molecule has 18 heavy (non-hydrogen) atoms. The lowest BCUT2D eigenvalue weighted by molar-refractivity contribution is 0.447.